The predicted octanol–water partition coefficient (Wildman–Crippen LogP) is 4.21. The predicted molar refractivity (Wildman–Crippen MR) is 120 cm³/mol. The first-order chi connectivity index (χ1) is 14.7. The number of nitrogen functional groups attached to an aromatic ring is 1. The molecule has 0 radical (unpaired) electrons. The molecule has 1 atom stereocenters. The van der Waals surface area contributed by atoms with Gasteiger partial charge in [-0.25, -0.2) is 9.07 Å². The number of nitrogens with one attached hydrogen (secondary N) is 1. The molecule has 3 N–H and O–H groups in total. The van der Waals surface area contributed by atoms with E-state index < -0.39 is 5.25 Å². The molecule has 1 unspecified atom stereocenters. The number of carbonyl (C=O) groups is 1. The Balaban J connectivity index is 1.60. The van der Waals surface area contributed by atoms with Crippen LogP contribution in [-0.2, 0) is 10.2 Å². The molecule has 2 aromatic carbocycles. The summed E-state index contributed by atoms with van der Waals surface area (Å²) in [7, 11) is 0. The molecule has 0 spiro atoms. The maximum atomic E-state index is 13.4. The second-order valence-electron chi connectivity index (χ2n) is 8.84. The number of hydrogen-bond donors (Lipinski definition) is 2. The molecule has 8 heteroatoms. The highest BCUT2D eigenvalue weighted by Crippen LogP contribution is 2.36. The van der Waals surface area contributed by atoms with Crippen molar-refractivity contribution in [3.63, 3.8) is 0 Å². The molecular formula is C23H26FN5OS. The molecule has 1 amide bonds. The molecular weight excluding hydrogens is 413 g/mol. The van der Waals surface area contributed by atoms with E-state index in [1.807, 2.05) is 12.1 Å². The van der Waals surface area contributed by atoms with Crippen molar-refractivity contribution in [2.24, 2.45) is 0 Å². The van der Waals surface area contributed by atoms with Crippen molar-refractivity contribution >= 4 is 17.7 Å². The van der Waals surface area contributed by atoms with Gasteiger partial charge in [0.1, 0.15) is 11.1 Å². The lowest BCUT2D eigenvalue weighted by atomic mass is 9.87. The Labute approximate surface area is 185 Å². The number of hydrogen-bond acceptors (Lipinski definition) is 5. The van der Waals surface area contributed by atoms with Gasteiger partial charge >= 0.3 is 0 Å². The first-order valence-corrected chi connectivity index (χ1v) is 11.1. The van der Waals surface area contributed by atoms with E-state index in [0.717, 1.165) is 18.4 Å². The summed E-state index contributed by atoms with van der Waals surface area (Å²) in [4.78, 5) is 12.9. The van der Waals surface area contributed by atoms with E-state index in [1.54, 1.807) is 12.1 Å². The van der Waals surface area contributed by atoms with Gasteiger partial charge in [0.05, 0.1) is 0 Å². The second-order valence-corrected chi connectivity index (χ2v) is 9.91. The number of nitrogens with zero attached hydrogens (tertiary/aromatic N) is 3. The molecule has 0 saturated heterocycles. The third-order valence-corrected chi connectivity index (χ3v) is 6.44. The largest absolute Gasteiger partial charge is 0.352 e. The lowest BCUT2D eigenvalue weighted by Crippen LogP contribution is -2.30. The molecule has 1 aromatic heterocycles. The van der Waals surface area contributed by atoms with Crippen LogP contribution in [-0.4, -0.2) is 26.8 Å². The van der Waals surface area contributed by atoms with Crippen LogP contribution in [0.5, 0.6) is 0 Å². The molecule has 31 heavy (non-hydrogen) atoms. The summed E-state index contributed by atoms with van der Waals surface area (Å²) < 4.78 is 14.8. The smallest absolute Gasteiger partial charge is 0.238 e. The van der Waals surface area contributed by atoms with Gasteiger partial charge in [0.25, 0.3) is 0 Å². The second kappa shape index (κ2) is 8.34. The third kappa shape index (κ3) is 4.90. The minimum Gasteiger partial charge on any atom is -0.352 e. The van der Waals surface area contributed by atoms with Crippen LogP contribution in [0.15, 0.2) is 53.7 Å². The molecule has 1 aliphatic carbocycles. The van der Waals surface area contributed by atoms with Gasteiger partial charge in [0.15, 0.2) is 5.82 Å². The number of thioether (sulfide) groups is 1. The van der Waals surface area contributed by atoms with Crippen LogP contribution in [0.3, 0.4) is 0 Å². The minimum atomic E-state index is -0.608. The van der Waals surface area contributed by atoms with Crippen molar-refractivity contribution in [1.29, 1.82) is 0 Å². The first-order valence-electron chi connectivity index (χ1n) is 10.3. The summed E-state index contributed by atoms with van der Waals surface area (Å²) in [5, 5.41) is 11.3. The Bertz CT molecular complexity index is 1070. The van der Waals surface area contributed by atoms with Crippen molar-refractivity contribution in [2.45, 2.75) is 55.5 Å². The summed E-state index contributed by atoms with van der Waals surface area (Å²) in [5.41, 5.74) is 2.79. The van der Waals surface area contributed by atoms with Gasteiger partial charge in [-0.15, -0.1) is 10.2 Å². The fourth-order valence-electron chi connectivity index (χ4n) is 3.19. The van der Waals surface area contributed by atoms with Gasteiger partial charge in [-0.1, -0.05) is 68.9 Å². The van der Waals surface area contributed by atoms with E-state index in [9.17, 15) is 9.18 Å². The molecule has 1 aliphatic rings. The maximum Gasteiger partial charge on any atom is 0.238 e. The highest BCUT2D eigenvalue weighted by molar-refractivity contribution is 8.00. The van der Waals surface area contributed by atoms with Crippen molar-refractivity contribution < 1.29 is 9.18 Å². The Morgan fingerprint density at radius 3 is 2.35 bits per heavy atom. The van der Waals surface area contributed by atoms with E-state index in [0.29, 0.717) is 16.5 Å². The Morgan fingerprint density at radius 2 is 1.77 bits per heavy atom. The first kappa shape index (κ1) is 21.4. The van der Waals surface area contributed by atoms with E-state index in [2.05, 4.69) is 48.4 Å². The van der Waals surface area contributed by atoms with Gasteiger partial charge in [-0.3, -0.25) is 4.79 Å². The number of amides is 1. The number of halogens is 1. The van der Waals surface area contributed by atoms with Crippen molar-refractivity contribution in [3.8, 4) is 11.4 Å². The Kier molecular flexibility index (Phi) is 5.75. The van der Waals surface area contributed by atoms with E-state index in [1.165, 1.54) is 34.1 Å². The number of nitrogens with two attached hydrogens (primary N) is 1. The zero-order valence-corrected chi connectivity index (χ0v) is 18.6. The quantitative estimate of drug-likeness (QED) is 0.444. The Hall–Kier alpha value is -2.87. The summed E-state index contributed by atoms with van der Waals surface area (Å²) >= 11 is 1.20. The fourth-order valence-corrected chi connectivity index (χ4v) is 4.16. The number of aromatic nitrogens is 3. The molecule has 162 valence electrons. The van der Waals surface area contributed by atoms with Crippen LogP contribution in [0.25, 0.3) is 11.4 Å². The SMILES string of the molecule is CC(C)(C)c1ccc(-c2nnc(SC(C(=O)NC3CC3)c3ccc(F)cc3)n2N)cc1. The van der Waals surface area contributed by atoms with Crippen molar-refractivity contribution in [2.75, 3.05) is 5.84 Å². The Morgan fingerprint density at radius 1 is 1.13 bits per heavy atom. The molecule has 4 rings (SSSR count). The summed E-state index contributed by atoms with van der Waals surface area (Å²) in [6.07, 6.45) is 1.96. The average molecular weight is 440 g/mol. The van der Waals surface area contributed by atoms with Gasteiger partial charge in [-0.2, -0.15) is 0 Å². The fraction of sp³-hybridized carbons (Fsp3) is 0.348. The molecule has 1 fully saturated rings. The minimum absolute atomic E-state index is 0.0488. The average Bonchev–Trinajstić information content (AvgIpc) is 3.47. The van der Waals surface area contributed by atoms with Gasteiger partial charge < -0.3 is 11.2 Å². The lowest BCUT2D eigenvalue weighted by Gasteiger charge is -2.19. The summed E-state index contributed by atoms with van der Waals surface area (Å²) in [6, 6.07) is 14.2. The highest BCUT2D eigenvalue weighted by Gasteiger charge is 2.30. The van der Waals surface area contributed by atoms with Crippen LogP contribution < -0.4 is 11.2 Å². The molecule has 0 bridgehead atoms. The van der Waals surface area contributed by atoms with Crippen molar-refractivity contribution in [1.82, 2.24) is 20.2 Å². The van der Waals surface area contributed by atoms with E-state index in [4.69, 9.17) is 5.84 Å². The van der Waals surface area contributed by atoms with Crippen LogP contribution >= 0.6 is 11.8 Å². The summed E-state index contributed by atoms with van der Waals surface area (Å²) in [6.45, 7) is 6.47. The van der Waals surface area contributed by atoms with E-state index in [-0.39, 0.29) is 23.2 Å². The van der Waals surface area contributed by atoms with E-state index >= 15 is 0 Å². The highest BCUT2D eigenvalue weighted by atomic mass is 32.2. The van der Waals surface area contributed by atoms with Gasteiger partial charge in [0.2, 0.25) is 11.1 Å². The molecule has 1 saturated carbocycles. The number of carbonyl (C=O) groups excluding carboxylic acids is 1. The zero-order valence-electron chi connectivity index (χ0n) is 17.8. The molecule has 6 nitrogen and oxygen atoms in total. The molecule has 0 aliphatic heterocycles. The summed E-state index contributed by atoms with van der Waals surface area (Å²) in [5.74, 6) is 6.33. The van der Waals surface area contributed by atoms with Crippen LogP contribution in [0.2, 0.25) is 0 Å². The maximum absolute atomic E-state index is 13.4. The van der Waals surface area contributed by atoms with Crippen LogP contribution in [0.4, 0.5) is 4.39 Å². The number of rotatable bonds is 6. The van der Waals surface area contributed by atoms with Crippen LogP contribution in [0.1, 0.15) is 50.0 Å². The monoisotopic (exact) mass is 439 g/mol. The van der Waals surface area contributed by atoms with Crippen LogP contribution in [0, 0.1) is 5.82 Å². The standard InChI is InChI=1S/C23H26FN5OS/c1-23(2,3)16-8-4-15(5-9-16)20-27-28-22(29(20)25)31-19(21(30)26-18-12-13-18)14-6-10-17(24)11-7-14/h4-11,18-19H,12-13,25H2,1-3H3,(H,26,30). The lowest BCUT2D eigenvalue weighted by molar-refractivity contribution is -0.120. The van der Waals surface area contributed by atoms with Crippen molar-refractivity contribution in [3.05, 3.63) is 65.5 Å². The topological polar surface area (TPSA) is 85.8 Å². The normalized spacial score (nSPS) is 15.0. The van der Waals surface area contributed by atoms with Gasteiger partial charge in [0, 0.05) is 11.6 Å². The molecule has 3 aromatic rings. The number of benzene rings is 2. The molecule has 1 heterocycles. The third-order valence-electron chi connectivity index (χ3n) is 5.23. The zero-order chi connectivity index (χ0) is 22.2. The van der Waals surface area contributed by atoms with Gasteiger partial charge in [-0.05, 0) is 41.5 Å².